The normalized spacial score (nSPS) is 8.84. The molecule has 8 rings (SSSR count). The Kier molecular flexibility index (Phi) is 60.7. The predicted octanol–water partition coefficient (Wildman–Crippen LogP) is 0.761. The number of halogens is 2. The molecule has 0 aliphatic carbocycles. The second kappa shape index (κ2) is 61.2. The van der Waals surface area contributed by atoms with Crippen molar-refractivity contribution in [2.24, 2.45) is 11.7 Å². The van der Waals surface area contributed by atoms with Gasteiger partial charge in [0.2, 0.25) is 17.0 Å². The van der Waals surface area contributed by atoms with Gasteiger partial charge in [-0.25, -0.2) is 19.2 Å². The van der Waals surface area contributed by atoms with Crippen molar-refractivity contribution < 1.29 is 247 Å². The number of nitrogen functional groups attached to an aromatic ring is 2. The van der Waals surface area contributed by atoms with Crippen molar-refractivity contribution >= 4 is 122 Å². The number of rotatable bonds is 14. The summed E-state index contributed by atoms with van der Waals surface area (Å²) in [6, 6.07) is 51.1. The summed E-state index contributed by atoms with van der Waals surface area (Å²) in [4.78, 5) is 105. The quantitative estimate of drug-likeness (QED) is 0.00693. The van der Waals surface area contributed by atoms with E-state index in [-0.39, 0.29) is 208 Å². The van der Waals surface area contributed by atoms with Crippen molar-refractivity contribution in [3.05, 3.63) is 240 Å². The summed E-state index contributed by atoms with van der Waals surface area (Å²) in [6.07, 6.45) is 0. The van der Waals surface area contributed by atoms with Crippen molar-refractivity contribution in [3.63, 3.8) is 0 Å². The van der Waals surface area contributed by atoms with Crippen LogP contribution < -0.4 is 209 Å². The monoisotopic (exact) mass is 1610 g/mol. The molecule has 0 bridgehead atoms. The number of carbonyl (C=O) groups is 8. The van der Waals surface area contributed by atoms with E-state index in [0.29, 0.717) is 67.5 Å². The molecule has 0 saturated carbocycles. The van der Waals surface area contributed by atoms with E-state index in [1.54, 1.807) is 160 Å². The number of nitrogens with zero attached hydrogens (tertiary/aromatic N) is 6. The molecule has 0 heterocycles. The van der Waals surface area contributed by atoms with E-state index >= 15 is 0 Å². The van der Waals surface area contributed by atoms with Crippen LogP contribution in [0.2, 0.25) is 0 Å². The Labute approximate surface area is 765 Å². The Bertz CT molecular complexity index is 4450. The number of carbonyl (C=O) groups excluding carboxylic acids is 7. The maximum Gasteiger partial charge on any atom is 1.00 e. The van der Waals surface area contributed by atoms with E-state index in [1.807, 2.05) is 18.2 Å². The van der Waals surface area contributed by atoms with Gasteiger partial charge in [0, 0.05) is 55.7 Å². The number of hydrogen-bond donors (Lipinski definition) is 9. The topological polar surface area (TPSA) is 583 Å². The minimum atomic E-state index is -0.931. The number of methoxy groups -OCH3 is 4. The summed E-state index contributed by atoms with van der Waals surface area (Å²) >= 11 is 4.64. The molecule has 0 aromatic heterocycles. The summed E-state index contributed by atoms with van der Waals surface area (Å²) in [5, 5.41) is 93.5. The molecule has 39 heteroatoms. The molecule has 0 unspecified atom stereocenters. The first-order chi connectivity index (χ1) is 50.5. The first kappa shape index (κ1) is 109. The van der Waals surface area contributed by atoms with E-state index in [4.69, 9.17) is 52.5 Å². The van der Waals surface area contributed by atoms with Gasteiger partial charge in [-0.1, -0.05) is 20.8 Å². The number of nitriles is 4. The van der Waals surface area contributed by atoms with Gasteiger partial charge in [0.1, 0.15) is 5.69 Å². The standard InChI is InChI=1S/C17H15N3O3.C15H11N3O4.C15H13N3O2.C8H9NO2.C7H3FN2O2.C4H9O.C2H3ClO.C2H4O2.CH2O3.3K.H4N2.H/c1-11(21)19-16-9-12(10-18)3-8-15(16)20-14-6-4-13(5-7-14)17(22)23-2;1-22-15(19)11-3-5-12(6-4-11)17-13-7-2-10(9-16)8-14(13)18(20)21;1-20-15(19)11-3-5-12(6-4-11)18-14-7-2-10(9-16)8-13(14)17;1-11-8(10)6-2-4-7(9)5-3-6;8-6-2-1-5(4-9)3-7(6)10(11)12;1-4(2,3)5;2*1-2(3)4;2-1-4-3;;;;1-2;/h3-9,20H,1-2H3,(H,19,21);2-8,17H,1H3;2-8,18H,17H2,1H3;2-5H,9H2,1H3;1-3H;1-3H3;1H3;1H3,(H,3,4);1,3H;;;;1-2H2;/q;;;;;-1;;;;3*+1;;-1/p-1. The number of hydrazine groups is 1. The first-order valence-electron chi connectivity index (χ1n) is 29.5. The molecule has 0 saturated heterocycles. The Morgan fingerprint density at radius 2 is 0.773 bits per heavy atom. The Morgan fingerprint density at radius 3 is 1.06 bits per heavy atom. The number of esters is 4. The molecule has 8 aromatic carbocycles. The van der Waals surface area contributed by atoms with Crippen molar-refractivity contribution in [3.8, 4) is 24.3 Å². The Balaban J connectivity index is -0.000000295. The van der Waals surface area contributed by atoms with Crippen LogP contribution in [0.15, 0.2) is 170 Å². The van der Waals surface area contributed by atoms with Gasteiger partial charge in [0.05, 0.1) is 130 Å². The molecule has 34 nitrogen and oxygen atoms in total. The zero-order valence-corrected chi connectivity index (χ0v) is 71.8. The molecule has 0 spiro atoms. The van der Waals surface area contributed by atoms with Crippen molar-refractivity contribution in [1.82, 2.24) is 0 Å². The molecule has 110 heavy (non-hydrogen) atoms. The second-order valence-electron chi connectivity index (χ2n) is 20.6. The maximum absolute atomic E-state index is 12.6. The summed E-state index contributed by atoms with van der Waals surface area (Å²) in [7, 11) is 5.30. The number of carboxylic acid groups (broad SMARTS) is 1. The number of carboxylic acids is 1. The van der Waals surface area contributed by atoms with Crippen molar-refractivity contribution in [2.45, 2.75) is 47.1 Å². The second-order valence-corrected chi connectivity index (χ2v) is 21.1. The van der Waals surface area contributed by atoms with Crippen LogP contribution in [-0.2, 0) is 43.0 Å². The van der Waals surface area contributed by atoms with Crippen LogP contribution >= 0.6 is 11.6 Å². The molecular weight excluding hydrogens is 1540 g/mol. The van der Waals surface area contributed by atoms with Crippen LogP contribution in [-0.4, -0.2) is 96.5 Å². The average molecular weight is 1610 g/mol. The van der Waals surface area contributed by atoms with E-state index < -0.39 is 44.9 Å². The van der Waals surface area contributed by atoms with Crippen LogP contribution in [0.25, 0.3) is 0 Å². The molecule has 0 fully saturated rings. The number of anilines is 9. The smallest absolute Gasteiger partial charge is 1.00 e. The number of aliphatic carboxylic acids is 1. The minimum absolute atomic E-state index is 0. The number of amides is 1. The summed E-state index contributed by atoms with van der Waals surface area (Å²) in [5.74, 6) is 4.41. The summed E-state index contributed by atoms with van der Waals surface area (Å²) in [6.45, 7) is 8.49. The van der Waals surface area contributed by atoms with Crippen LogP contribution in [0, 0.1) is 71.4 Å². The molecular formula is C71H73ClFK3N14O20. The van der Waals surface area contributed by atoms with Crippen LogP contribution in [0.5, 0.6) is 0 Å². The third kappa shape index (κ3) is 48.1. The van der Waals surface area contributed by atoms with Crippen LogP contribution in [0.3, 0.4) is 0 Å². The average Bonchev–Trinajstić information content (AvgIpc) is 0.850. The Hall–Kier alpha value is -9.55. The minimum Gasteiger partial charge on any atom is -1.00 e. The van der Waals surface area contributed by atoms with Gasteiger partial charge in [-0.05, 0) is 169 Å². The van der Waals surface area contributed by atoms with Gasteiger partial charge < -0.3 is 73.5 Å². The van der Waals surface area contributed by atoms with E-state index in [1.165, 1.54) is 66.6 Å². The van der Waals surface area contributed by atoms with E-state index in [0.717, 1.165) is 30.4 Å². The van der Waals surface area contributed by atoms with Gasteiger partial charge in [-0.15, -0.1) is 5.60 Å². The number of hydrogen-bond acceptors (Lipinski definition) is 30. The number of nitrogens with one attached hydrogen (secondary N) is 4. The predicted molar refractivity (Wildman–Crippen MR) is 388 cm³/mol. The fraction of sp³-hybridized carbons (Fsp3) is 0.155. The molecule has 8 aromatic rings. The SMILES string of the molecule is CC(=O)Cl.CC(=O)O.CC(C)(C)[O-].COC(=O)c1ccc(N)cc1.COC(=O)c1ccc(Nc2ccc(C#N)cc2N)cc1.COC(=O)c1ccc(Nc2ccc(C#N)cc2NC(C)=O)cc1.COC(=O)c1ccc(Nc2ccc(C#N)cc2[N+](=O)[O-])cc1.N#Cc1ccc(F)c([N+](=O)[O-])c1.NN.O=CO[O-].[H-].[K+].[K+].[K+]. The third-order valence-corrected chi connectivity index (χ3v) is 11.4. The molecule has 0 radical (unpaired) electrons. The number of nitro benzene ring substituents is 2. The van der Waals surface area contributed by atoms with Crippen molar-refractivity contribution in [1.29, 1.82) is 21.0 Å². The fourth-order valence-electron chi connectivity index (χ4n) is 6.97. The van der Waals surface area contributed by atoms with Crippen LogP contribution in [0.4, 0.5) is 67.0 Å². The summed E-state index contributed by atoms with van der Waals surface area (Å²) < 4.78 is 31.0. The first-order valence-corrected chi connectivity index (χ1v) is 29.9. The zero-order valence-electron chi connectivity index (χ0n) is 62.7. The maximum atomic E-state index is 12.6. The largest absolute Gasteiger partial charge is 1.00 e. The molecule has 0 aliphatic heterocycles. The van der Waals surface area contributed by atoms with Crippen molar-refractivity contribution in [2.75, 3.05) is 61.2 Å². The van der Waals surface area contributed by atoms with E-state index in [9.17, 15) is 58.5 Å². The molecule has 1 amide bonds. The van der Waals surface area contributed by atoms with Gasteiger partial charge in [0.25, 0.3) is 18.1 Å². The molecule has 564 valence electrons. The zero-order chi connectivity index (χ0) is 81.9. The molecule has 0 aliphatic rings. The van der Waals surface area contributed by atoms with E-state index in [2.05, 4.69) is 68.4 Å². The number of benzene rings is 8. The van der Waals surface area contributed by atoms with Gasteiger partial charge in [-0.2, -0.15) is 25.4 Å². The third-order valence-electron chi connectivity index (χ3n) is 11.4. The molecule has 0 atom stereocenters. The van der Waals surface area contributed by atoms with Crippen LogP contribution in [0.1, 0.15) is 107 Å². The summed E-state index contributed by atoms with van der Waals surface area (Å²) in [5.41, 5.74) is 18.0. The van der Waals surface area contributed by atoms with Gasteiger partial charge >= 0.3 is 184 Å². The number of nitrogens with two attached hydrogens (primary N) is 4. The van der Waals surface area contributed by atoms with Gasteiger partial charge in [0.15, 0.2) is 0 Å². The Morgan fingerprint density at radius 1 is 0.509 bits per heavy atom. The molecule has 13 N–H and O–H groups in total. The van der Waals surface area contributed by atoms with Gasteiger partial charge in [-0.3, -0.25) is 51.1 Å². The fourth-order valence-corrected chi connectivity index (χ4v) is 6.97. The number of nitro groups is 2. The number of ether oxygens (including phenoxy) is 4.